The molecule has 0 saturated carbocycles. The molecule has 0 fully saturated rings. The molecule has 0 radical (unpaired) electrons. The van der Waals surface area contributed by atoms with Crippen LogP contribution in [0, 0.1) is 0 Å². The molecule has 96 valence electrons. The number of hydrogen-bond donors (Lipinski definition) is 2. The van der Waals surface area contributed by atoms with Crippen LogP contribution < -0.4 is 4.72 Å². The van der Waals surface area contributed by atoms with E-state index >= 15 is 0 Å². The molecule has 4 nitrogen and oxygen atoms in total. The molecule has 0 aliphatic rings. The molecule has 2 N–H and O–H groups in total. The summed E-state index contributed by atoms with van der Waals surface area (Å²) in [4.78, 5) is 0.956. The van der Waals surface area contributed by atoms with Crippen LogP contribution in [0.3, 0.4) is 0 Å². The SMILES string of the molecule is CCCNS(=O)(=O)c1ccccc1SCCO. The topological polar surface area (TPSA) is 66.4 Å². The van der Waals surface area contributed by atoms with Crippen molar-refractivity contribution in [2.45, 2.75) is 23.1 Å². The molecule has 17 heavy (non-hydrogen) atoms. The van der Waals surface area contributed by atoms with Gasteiger partial charge in [-0.25, -0.2) is 13.1 Å². The highest BCUT2D eigenvalue weighted by molar-refractivity contribution is 8.00. The van der Waals surface area contributed by atoms with Crippen LogP contribution in [0.4, 0.5) is 0 Å². The molecule has 1 aromatic rings. The number of aliphatic hydroxyl groups excluding tert-OH is 1. The number of nitrogens with one attached hydrogen (secondary N) is 1. The zero-order valence-electron chi connectivity index (χ0n) is 9.72. The Labute approximate surface area is 106 Å². The van der Waals surface area contributed by atoms with Gasteiger partial charge in [0.25, 0.3) is 0 Å². The minimum atomic E-state index is -3.44. The predicted molar refractivity (Wildman–Crippen MR) is 69.7 cm³/mol. The molecule has 0 unspecified atom stereocenters. The fourth-order valence-electron chi connectivity index (χ4n) is 1.26. The third-order valence-electron chi connectivity index (χ3n) is 2.03. The highest BCUT2D eigenvalue weighted by atomic mass is 32.2. The average molecular weight is 275 g/mol. The lowest BCUT2D eigenvalue weighted by molar-refractivity contribution is 0.322. The molecule has 6 heteroatoms. The van der Waals surface area contributed by atoms with Crippen LogP contribution in [0.1, 0.15) is 13.3 Å². The van der Waals surface area contributed by atoms with Crippen molar-refractivity contribution in [1.82, 2.24) is 4.72 Å². The molecule has 0 saturated heterocycles. The Bertz CT molecular complexity index is 446. The molecule has 0 aliphatic heterocycles. The number of sulfonamides is 1. The molecule has 1 aromatic carbocycles. The van der Waals surface area contributed by atoms with Gasteiger partial charge in [-0.3, -0.25) is 0 Å². The number of aliphatic hydroxyl groups is 1. The highest BCUT2D eigenvalue weighted by Gasteiger charge is 2.17. The van der Waals surface area contributed by atoms with Crippen LogP contribution in [0.15, 0.2) is 34.1 Å². The van der Waals surface area contributed by atoms with Gasteiger partial charge in [-0.15, -0.1) is 11.8 Å². The zero-order chi connectivity index (χ0) is 12.7. The number of thioether (sulfide) groups is 1. The molecule has 1 rings (SSSR count). The first-order valence-electron chi connectivity index (χ1n) is 5.44. The molecule has 0 heterocycles. The Balaban J connectivity index is 2.95. The van der Waals surface area contributed by atoms with Crippen LogP contribution >= 0.6 is 11.8 Å². The Morgan fingerprint density at radius 1 is 1.35 bits per heavy atom. The summed E-state index contributed by atoms with van der Waals surface area (Å²) < 4.78 is 26.5. The molecular weight excluding hydrogens is 258 g/mol. The molecule has 0 aromatic heterocycles. The Kier molecular flexibility index (Phi) is 5.97. The van der Waals surface area contributed by atoms with E-state index in [-0.39, 0.29) is 11.5 Å². The highest BCUT2D eigenvalue weighted by Crippen LogP contribution is 2.25. The first-order chi connectivity index (χ1) is 8.11. The second-order valence-electron chi connectivity index (χ2n) is 3.42. The van der Waals surface area contributed by atoms with Crippen molar-refractivity contribution >= 4 is 21.8 Å². The monoisotopic (exact) mass is 275 g/mol. The summed E-state index contributed by atoms with van der Waals surface area (Å²) >= 11 is 1.34. The van der Waals surface area contributed by atoms with Gasteiger partial charge in [0.05, 0.1) is 11.5 Å². The number of rotatable bonds is 7. The van der Waals surface area contributed by atoms with Crippen molar-refractivity contribution in [2.75, 3.05) is 18.9 Å². The molecule has 0 spiro atoms. The van der Waals surface area contributed by atoms with Crippen molar-refractivity contribution in [1.29, 1.82) is 0 Å². The maximum atomic E-state index is 12.0. The van der Waals surface area contributed by atoms with Crippen molar-refractivity contribution in [3.63, 3.8) is 0 Å². The van der Waals surface area contributed by atoms with E-state index in [1.54, 1.807) is 24.3 Å². The second kappa shape index (κ2) is 7.00. The van der Waals surface area contributed by atoms with Crippen molar-refractivity contribution < 1.29 is 13.5 Å². The summed E-state index contributed by atoms with van der Waals surface area (Å²) in [7, 11) is -3.44. The molecule has 0 aliphatic carbocycles. The summed E-state index contributed by atoms with van der Waals surface area (Å²) in [6.45, 7) is 2.37. The van der Waals surface area contributed by atoms with E-state index in [0.29, 0.717) is 17.2 Å². The van der Waals surface area contributed by atoms with Crippen LogP contribution in [0.25, 0.3) is 0 Å². The van der Waals surface area contributed by atoms with E-state index < -0.39 is 10.0 Å². The predicted octanol–water partition coefficient (Wildman–Crippen LogP) is 1.46. The van der Waals surface area contributed by atoms with Crippen LogP contribution in [-0.2, 0) is 10.0 Å². The number of benzene rings is 1. The van der Waals surface area contributed by atoms with Crippen molar-refractivity contribution in [2.24, 2.45) is 0 Å². The first kappa shape index (κ1) is 14.5. The van der Waals surface area contributed by atoms with Gasteiger partial charge in [-0.05, 0) is 18.6 Å². The maximum absolute atomic E-state index is 12.0. The number of hydrogen-bond acceptors (Lipinski definition) is 4. The van der Waals surface area contributed by atoms with E-state index in [1.807, 2.05) is 6.92 Å². The summed E-state index contributed by atoms with van der Waals surface area (Å²) in [6.07, 6.45) is 0.755. The lowest BCUT2D eigenvalue weighted by Crippen LogP contribution is -2.24. The van der Waals surface area contributed by atoms with Gasteiger partial charge in [0.1, 0.15) is 0 Å². The van der Waals surface area contributed by atoms with Crippen LogP contribution in [0.2, 0.25) is 0 Å². The van der Waals surface area contributed by atoms with Gasteiger partial charge >= 0.3 is 0 Å². The average Bonchev–Trinajstić information content (AvgIpc) is 2.34. The van der Waals surface area contributed by atoms with Gasteiger partial charge in [0.2, 0.25) is 10.0 Å². The van der Waals surface area contributed by atoms with Gasteiger partial charge < -0.3 is 5.11 Å². The summed E-state index contributed by atoms with van der Waals surface area (Å²) in [5.41, 5.74) is 0. The Hall–Kier alpha value is -0.560. The van der Waals surface area contributed by atoms with Crippen molar-refractivity contribution in [3.8, 4) is 0 Å². The van der Waals surface area contributed by atoms with Gasteiger partial charge in [-0.1, -0.05) is 19.1 Å². The summed E-state index contributed by atoms with van der Waals surface area (Å²) in [5.74, 6) is 0.486. The van der Waals surface area contributed by atoms with E-state index in [9.17, 15) is 8.42 Å². The lowest BCUT2D eigenvalue weighted by atomic mass is 10.4. The van der Waals surface area contributed by atoms with Crippen molar-refractivity contribution in [3.05, 3.63) is 24.3 Å². The molecule has 0 atom stereocenters. The minimum absolute atomic E-state index is 0.0292. The van der Waals surface area contributed by atoms with E-state index in [2.05, 4.69) is 4.72 Å². The maximum Gasteiger partial charge on any atom is 0.241 e. The molecule has 0 amide bonds. The zero-order valence-corrected chi connectivity index (χ0v) is 11.4. The van der Waals surface area contributed by atoms with E-state index in [1.165, 1.54) is 11.8 Å². The van der Waals surface area contributed by atoms with Gasteiger partial charge in [0.15, 0.2) is 0 Å². The summed E-state index contributed by atoms with van der Waals surface area (Å²) in [6, 6.07) is 6.82. The second-order valence-corrected chi connectivity index (χ2v) is 6.29. The minimum Gasteiger partial charge on any atom is -0.396 e. The van der Waals surface area contributed by atoms with E-state index in [4.69, 9.17) is 5.11 Å². The quantitative estimate of drug-likeness (QED) is 0.739. The largest absolute Gasteiger partial charge is 0.396 e. The fraction of sp³-hybridized carbons (Fsp3) is 0.455. The smallest absolute Gasteiger partial charge is 0.241 e. The fourth-order valence-corrected chi connectivity index (χ4v) is 3.68. The Morgan fingerprint density at radius 2 is 2.06 bits per heavy atom. The third kappa shape index (κ3) is 4.31. The van der Waals surface area contributed by atoms with E-state index in [0.717, 1.165) is 6.42 Å². The normalized spacial score (nSPS) is 11.6. The Morgan fingerprint density at radius 3 is 2.71 bits per heavy atom. The first-order valence-corrected chi connectivity index (χ1v) is 7.91. The summed E-state index contributed by atoms with van der Waals surface area (Å²) in [5, 5.41) is 8.78. The van der Waals surface area contributed by atoms with Crippen LogP contribution in [0.5, 0.6) is 0 Å². The third-order valence-corrected chi connectivity index (χ3v) is 4.73. The van der Waals surface area contributed by atoms with Gasteiger partial charge in [-0.2, -0.15) is 0 Å². The standard InChI is InChI=1S/C11H17NO3S2/c1-2-7-12-17(14,15)11-6-4-3-5-10(11)16-9-8-13/h3-6,12-13H,2,7-9H2,1H3. The van der Waals surface area contributed by atoms with Crippen LogP contribution in [-0.4, -0.2) is 32.4 Å². The molecular formula is C11H17NO3S2. The molecule has 0 bridgehead atoms. The van der Waals surface area contributed by atoms with Gasteiger partial charge in [0, 0.05) is 17.2 Å². The lowest BCUT2D eigenvalue weighted by Gasteiger charge is -2.10.